The summed E-state index contributed by atoms with van der Waals surface area (Å²) >= 11 is 0. The van der Waals surface area contributed by atoms with Crippen LogP contribution in [0.4, 0.5) is 0 Å². The van der Waals surface area contributed by atoms with Crippen molar-refractivity contribution in [3.05, 3.63) is 166 Å². The van der Waals surface area contributed by atoms with E-state index in [2.05, 4.69) is 104 Å². The van der Waals surface area contributed by atoms with Crippen molar-refractivity contribution >= 4 is 90.3 Å². The summed E-state index contributed by atoms with van der Waals surface area (Å²) in [5.41, 5.74) is 2.85. The lowest BCUT2D eigenvalue weighted by Crippen LogP contribution is -2.56. The van der Waals surface area contributed by atoms with E-state index in [0.29, 0.717) is 49.3 Å². The average Bonchev–Trinajstić information content (AvgIpc) is 0.791. The van der Waals surface area contributed by atoms with Crippen LogP contribution >= 0.6 is 0 Å². The van der Waals surface area contributed by atoms with Crippen LogP contribution in [0.2, 0.25) is 0 Å². The van der Waals surface area contributed by atoms with Gasteiger partial charge < -0.3 is 49.7 Å². The number of carbonyl (C=O) groups excluding carboxylic acids is 8. The van der Waals surface area contributed by atoms with Gasteiger partial charge in [0.1, 0.15) is 58.1 Å². The first-order chi connectivity index (χ1) is 50.0. The molecule has 106 heavy (non-hydrogen) atoms. The molecule has 4 heterocycles. The van der Waals surface area contributed by atoms with Crippen molar-refractivity contribution in [2.45, 2.75) is 170 Å². The molecule has 4 aliphatic heterocycles. The van der Waals surface area contributed by atoms with Gasteiger partial charge in [0.2, 0.25) is 23.6 Å². The minimum atomic E-state index is -1.41. The van der Waals surface area contributed by atoms with Gasteiger partial charge in [0.15, 0.2) is 0 Å². The Kier molecular flexibility index (Phi) is 19.6. The second-order valence-corrected chi connectivity index (χ2v) is 33.1. The summed E-state index contributed by atoms with van der Waals surface area (Å²) in [5, 5.41) is 13.3. The number of ether oxygens (including phenoxy) is 6. The number of nitrogens with zero attached hydrogens (tertiary/aromatic N) is 2. The Morgan fingerprint density at radius 1 is 0.377 bits per heavy atom. The Labute approximate surface area is 617 Å². The van der Waals surface area contributed by atoms with Crippen molar-refractivity contribution in [2.24, 2.45) is 11.8 Å². The molecule has 0 aliphatic carbocycles. The molecular weight excluding hydrogens is 1340 g/mol. The number of rotatable bonds is 24. The van der Waals surface area contributed by atoms with Crippen molar-refractivity contribution in [1.82, 2.24) is 31.1 Å². The first-order valence-corrected chi connectivity index (χ1v) is 36.6. The summed E-state index contributed by atoms with van der Waals surface area (Å²) in [4.78, 5) is 123. The molecule has 0 saturated carbocycles. The van der Waals surface area contributed by atoms with Crippen LogP contribution in [0.1, 0.15) is 187 Å². The Bertz CT molecular complexity index is 4450. The summed E-state index contributed by atoms with van der Waals surface area (Å²) in [6.07, 6.45) is -0.278. The van der Waals surface area contributed by atoms with Crippen LogP contribution in [0, 0.1) is 11.8 Å². The Balaban J connectivity index is 1.13. The van der Waals surface area contributed by atoms with Crippen LogP contribution in [-0.2, 0) is 50.3 Å². The molecule has 4 unspecified atom stereocenters. The lowest BCUT2D eigenvalue weighted by molar-refractivity contribution is -0.127. The van der Waals surface area contributed by atoms with Gasteiger partial charge >= 0.3 is 0 Å². The molecule has 4 atom stereocenters. The number of carbonyl (C=O) groups is 8. The zero-order valence-corrected chi connectivity index (χ0v) is 63.3. The minimum absolute atomic E-state index is 0.0147. The van der Waals surface area contributed by atoms with Crippen LogP contribution in [0.3, 0.4) is 0 Å². The zero-order valence-electron chi connectivity index (χ0n) is 63.3. The Hall–Kier alpha value is -10.4. The maximum Gasteiger partial charge on any atom is 0.262 e. The third kappa shape index (κ3) is 14.7. The number of benzene rings is 9. The molecule has 9 aromatic rings. The van der Waals surface area contributed by atoms with E-state index in [0.717, 1.165) is 32.1 Å². The molecule has 20 heteroatoms. The van der Waals surface area contributed by atoms with Gasteiger partial charge in [-0.1, -0.05) is 159 Å². The van der Waals surface area contributed by atoms with Crippen LogP contribution in [-0.4, -0.2) is 121 Å². The van der Waals surface area contributed by atoms with Crippen LogP contribution in [0.25, 0.3) is 43.1 Å². The lowest BCUT2D eigenvalue weighted by Gasteiger charge is -2.37. The fourth-order valence-corrected chi connectivity index (χ4v) is 14.2. The van der Waals surface area contributed by atoms with Crippen molar-refractivity contribution in [3.8, 4) is 46.0 Å². The topological polar surface area (TPSA) is 253 Å². The summed E-state index contributed by atoms with van der Waals surface area (Å²) in [6, 6.07) is 33.8. The molecule has 0 radical (unpaired) electrons. The van der Waals surface area contributed by atoms with E-state index >= 15 is 19.2 Å². The molecule has 0 spiro atoms. The summed E-state index contributed by atoms with van der Waals surface area (Å²) in [5.74, 6) is -4.92. The molecule has 0 bridgehead atoms. The predicted octanol–water partition coefficient (Wildman–Crippen LogP) is 15.4. The molecule has 0 aromatic heterocycles. The molecule has 13 rings (SSSR count). The summed E-state index contributed by atoms with van der Waals surface area (Å²) in [7, 11) is 0. The van der Waals surface area contributed by atoms with Gasteiger partial charge in [-0.3, -0.25) is 48.2 Å². The smallest absolute Gasteiger partial charge is 0.262 e. The van der Waals surface area contributed by atoms with Gasteiger partial charge in [-0.2, -0.15) is 0 Å². The second-order valence-electron chi connectivity index (χ2n) is 33.1. The fraction of sp³-hybridized carbons (Fsp3) is 0.395. The van der Waals surface area contributed by atoms with E-state index in [-0.39, 0.29) is 160 Å². The van der Waals surface area contributed by atoms with Crippen LogP contribution < -0.4 is 40.2 Å². The van der Waals surface area contributed by atoms with E-state index in [4.69, 9.17) is 28.4 Å². The van der Waals surface area contributed by atoms with E-state index < -0.39 is 59.4 Å². The molecule has 20 nitrogen and oxygen atoms in total. The second kappa shape index (κ2) is 28.1. The number of hydrogen-bond acceptors (Lipinski definition) is 14. The highest BCUT2D eigenvalue weighted by molar-refractivity contribution is 6.45. The Morgan fingerprint density at radius 2 is 0.613 bits per heavy atom. The monoisotopic (exact) mass is 1430 g/mol. The third-order valence-corrected chi connectivity index (χ3v) is 20.3. The maximum atomic E-state index is 16.3. The van der Waals surface area contributed by atoms with Gasteiger partial charge in [-0.05, 0) is 129 Å². The standard InChI is InChI=1S/C86H94N6O14/c1-45(2)75(77(95)87-35-33-65(93)89-41-55-43-101-55)91-79(97)57-37-61(103-51-25-17-47(18-26-51)83(5,6)7)69-71-63(105-53-29-21-49(22-30-53)85(11,12)13)39-59-68-60(82(100)92(81(59)99)76(46(3)4)78(96)88-36-34-66(94)90-42-56-44-102-56)40-64(106-54-31-23-50(24-32-54)86(14,15)16)72(74(68)71)70-62(38-58(80(91)98)67(57)73(69)70)104-52-27-19-48(20-28-52)84(8,9)10/h17-32,37-40,45-46,55-56,75-76H,33-36,41-44H2,1-16H3,(H,87,95)(H,88,96)(H,89,93)(H,90,94). The van der Waals surface area contributed by atoms with Crippen LogP contribution in [0.15, 0.2) is 121 Å². The quantitative estimate of drug-likeness (QED) is 0.0190. The van der Waals surface area contributed by atoms with E-state index in [9.17, 15) is 19.2 Å². The highest BCUT2D eigenvalue weighted by atomic mass is 16.6. The molecule has 4 N–H and O–H groups in total. The van der Waals surface area contributed by atoms with Gasteiger partial charge in [0, 0.05) is 82.1 Å². The molecule has 4 aliphatic rings. The first kappa shape index (κ1) is 73.9. The highest BCUT2D eigenvalue weighted by Crippen LogP contribution is 2.58. The maximum absolute atomic E-state index is 16.3. The van der Waals surface area contributed by atoms with Gasteiger partial charge in [-0.15, -0.1) is 0 Å². The van der Waals surface area contributed by atoms with Gasteiger partial charge in [0.25, 0.3) is 23.6 Å². The predicted molar refractivity (Wildman–Crippen MR) is 408 cm³/mol. The Morgan fingerprint density at radius 3 is 0.821 bits per heavy atom. The zero-order chi connectivity index (χ0) is 76.0. The largest absolute Gasteiger partial charge is 0.457 e. The molecule has 552 valence electrons. The van der Waals surface area contributed by atoms with E-state index in [1.165, 1.54) is 0 Å². The van der Waals surface area contributed by atoms with Crippen molar-refractivity contribution < 1.29 is 66.8 Å². The van der Waals surface area contributed by atoms with Crippen molar-refractivity contribution in [1.29, 1.82) is 0 Å². The molecule has 2 saturated heterocycles. The average molecular weight is 1440 g/mol. The van der Waals surface area contributed by atoms with Crippen molar-refractivity contribution in [3.63, 3.8) is 0 Å². The normalized spacial score (nSPS) is 16.5. The van der Waals surface area contributed by atoms with Crippen molar-refractivity contribution in [2.75, 3.05) is 39.4 Å². The van der Waals surface area contributed by atoms with E-state index in [1.807, 2.05) is 97.1 Å². The highest BCUT2D eigenvalue weighted by Gasteiger charge is 2.48. The summed E-state index contributed by atoms with van der Waals surface area (Å²) < 4.78 is 39.8. The lowest BCUT2D eigenvalue weighted by atomic mass is 9.80. The van der Waals surface area contributed by atoms with Gasteiger partial charge in [-0.25, -0.2) is 0 Å². The number of amides is 8. The number of nitrogens with one attached hydrogen (secondary N) is 4. The minimum Gasteiger partial charge on any atom is -0.457 e. The fourth-order valence-electron chi connectivity index (χ4n) is 14.2. The number of imide groups is 2. The van der Waals surface area contributed by atoms with E-state index in [1.54, 1.807) is 52.0 Å². The molecular formula is C86H94N6O14. The number of hydrogen-bond donors (Lipinski definition) is 4. The molecule has 2 fully saturated rings. The molecule has 8 amide bonds. The molecule has 9 aromatic carbocycles. The summed E-state index contributed by atoms with van der Waals surface area (Å²) in [6.45, 7) is 33.7. The SMILES string of the molecule is CC(C)C(C(=O)NCCC(=O)NCC1CO1)N1C(=O)c2cc(Oc3ccc(C(C)(C)C)cc3)c3c4c(Oc5ccc(C(C)(C)C)cc5)cc5c6c(cc(Oc7ccc(C(C)(C)C)cc7)c(c7c(Oc8ccc(C(C)(C)C)cc8)cc(c2c37)C1=O)c64)C(=O)N(C(C(=O)NCCC(=O)NCC1CO1)C(C)C)C5=O. The third-order valence-electron chi connectivity index (χ3n) is 20.3. The van der Waals surface area contributed by atoms with Crippen LogP contribution in [0.5, 0.6) is 46.0 Å². The first-order valence-electron chi connectivity index (χ1n) is 36.6. The number of fused-ring (bicyclic) bond motifs is 2. The number of epoxide rings is 2. The van der Waals surface area contributed by atoms with Gasteiger partial charge in [0.05, 0.1) is 47.7 Å².